The number of nitrogens with zero attached hydrogens (tertiary/aromatic N) is 3. The minimum atomic E-state index is -0.209. The lowest BCUT2D eigenvalue weighted by Gasteiger charge is -2.38. The van der Waals surface area contributed by atoms with Gasteiger partial charge in [0.1, 0.15) is 5.82 Å². The van der Waals surface area contributed by atoms with Crippen LogP contribution in [0.2, 0.25) is 0 Å². The first-order chi connectivity index (χ1) is 12.1. The Bertz CT molecular complexity index is 702. The number of nitrogens with one attached hydrogen (secondary N) is 1. The first-order valence-corrected chi connectivity index (χ1v) is 8.55. The van der Waals surface area contributed by atoms with Gasteiger partial charge in [0.15, 0.2) is 0 Å². The second-order valence-electron chi connectivity index (χ2n) is 6.23. The van der Waals surface area contributed by atoms with E-state index in [0.29, 0.717) is 25.3 Å². The van der Waals surface area contributed by atoms with Gasteiger partial charge in [-0.15, -0.1) is 0 Å². The third-order valence-corrected chi connectivity index (χ3v) is 4.62. The molecule has 1 unspecified atom stereocenters. The Balaban J connectivity index is 1.50. The van der Waals surface area contributed by atoms with Gasteiger partial charge in [-0.3, -0.25) is 14.7 Å². The molecule has 1 aromatic carbocycles. The highest BCUT2D eigenvalue weighted by Crippen LogP contribution is 2.20. The fraction of sp³-hybridized carbons (Fsp3) is 0.368. The van der Waals surface area contributed by atoms with E-state index in [4.69, 9.17) is 0 Å². The van der Waals surface area contributed by atoms with E-state index in [9.17, 15) is 9.18 Å². The van der Waals surface area contributed by atoms with Gasteiger partial charge in [0.05, 0.1) is 11.7 Å². The van der Waals surface area contributed by atoms with Crippen LogP contribution in [0.5, 0.6) is 0 Å². The van der Waals surface area contributed by atoms with Gasteiger partial charge in [0.25, 0.3) is 0 Å². The van der Waals surface area contributed by atoms with Gasteiger partial charge in [0, 0.05) is 45.1 Å². The van der Waals surface area contributed by atoms with Gasteiger partial charge >= 0.3 is 0 Å². The molecule has 25 heavy (non-hydrogen) atoms. The van der Waals surface area contributed by atoms with Crippen molar-refractivity contribution in [3.63, 3.8) is 0 Å². The number of amides is 1. The summed E-state index contributed by atoms with van der Waals surface area (Å²) in [6.45, 7) is 5.28. The van der Waals surface area contributed by atoms with Crippen LogP contribution in [0.15, 0.2) is 48.8 Å². The molecule has 6 heteroatoms. The monoisotopic (exact) mass is 342 g/mol. The van der Waals surface area contributed by atoms with Crippen molar-refractivity contribution in [2.24, 2.45) is 0 Å². The number of hydrogen-bond acceptors (Lipinski definition) is 4. The summed E-state index contributed by atoms with van der Waals surface area (Å²) in [6, 6.07) is 10.4. The van der Waals surface area contributed by atoms with E-state index in [2.05, 4.69) is 15.2 Å². The van der Waals surface area contributed by atoms with E-state index in [1.54, 1.807) is 24.5 Å². The van der Waals surface area contributed by atoms with Gasteiger partial charge in [-0.25, -0.2) is 4.39 Å². The van der Waals surface area contributed by atoms with Crippen molar-refractivity contribution in [1.82, 2.24) is 15.2 Å². The molecule has 2 aromatic rings. The maximum absolute atomic E-state index is 13.9. The molecule has 1 aromatic heterocycles. The van der Waals surface area contributed by atoms with Crippen molar-refractivity contribution in [3.05, 3.63) is 60.2 Å². The van der Waals surface area contributed by atoms with Crippen molar-refractivity contribution in [2.75, 3.05) is 31.1 Å². The molecule has 1 saturated heterocycles. The number of para-hydroxylation sites is 1. The lowest BCUT2D eigenvalue weighted by molar-refractivity contribution is -0.126. The molecule has 0 saturated carbocycles. The zero-order valence-corrected chi connectivity index (χ0v) is 14.4. The fourth-order valence-corrected chi connectivity index (χ4v) is 3.06. The minimum Gasteiger partial charge on any atom is -0.367 e. The van der Waals surface area contributed by atoms with E-state index in [1.165, 1.54) is 6.07 Å². The highest BCUT2D eigenvalue weighted by Gasteiger charge is 2.26. The molecule has 1 atom stereocenters. The van der Waals surface area contributed by atoms with E-state index in [-0.39, 0.29) is 17.8 Å². The topological polar surface area (TPSA) is 48.5 Å². The molecular formula is C19H23FN4O. The van der Waals surface area contributed by atoms with Crippen LogP contribution in [-0.2, 0) is 11.3 Å². The fourth-order valence-electron chi connectivity index (χ4n) is 3.06. The van der Waals surface area contributed by atoms with Crippen molar-refractivity contribution in [1.29, 1.82) is 0 Å². The van der Waals surface area contributed by atoms with Gasteiger partial charge in [-0.1, -0.05) is 18.2 Å². The van der Waals surface area contributed by atoms with Crippen LogP contribution in [0.1, 0.15) is 12.5 Å². The SMILES string of the molecule is CC(C(=O)NCc1cccnc1)N1CCN(c2ccccc2F)CC1. The van der Waals surface area contributed by atoms with E-state index in [0.717, 1.165) is 18.7 Å². The maximum Gasteiger partial charge on any atom is 0.237 e. The third-order valence-electron chi connectivity index (χ3n) is 4.62. The van der Waals surface area contributed by atoms with Crippen LogP contribution >= 0.6 is 0 Å². The number of rotatable bonds is 5. The molecule has 1 N–H and O–H groups in total. The number of piperazine rings is 1. The molecule has 5 nitrogen and oxygen atoms in total. The lowest BCUT2D eigenvalue weighted by Crippen LogP contribution is -2.54. The Kier molecular flexibility index (Phi) is 5.60. The Hall–Kier alpha value is -2.47. The molecule has 1 amide bonds. The minimum absolute atomic E-state index is 0.00296. The van der Waals surface area contributed by atoms with Gasteiger partial charge < -0.3 is 10.2 Å². The Morgan fingerprint density at radius 1 is 1.20 bits per heavy atom. The number of benzene rings is 1. The van der Waals surface area contributed by atoms with Crippen LogP contribution in [0, 0.1) is 5.82 Å². The normalized spacial score (nSPS) is 16.5. The quantitative estimate of drug-likeness (QED) is 0.903. The summed E-state index contributed by atoms with van der Waals surface area (Å²) in [5.41, 5.74) is 1.61. The molecule has 0 bridgehead atoms. The summed E-state index contributed by atoms with van der Waals surface area (Å²) in [6.07, 6.45) is 3.46. The lowest BCUT2D eigenvalue weighted by atomic mass is 10.2. The predicted molar refractivity (Wildman–Crippen MR) is 95.7 cm³/mol. The molecule has 2 heterocycles. The number of aromatic nitrogens is 1. The number of anilines is 1. The standard InChI is InChI=1S/C19H23FN4O/c1-15(19(25)22-14-16-5-4-8-21-13-16)23-9-11-24(12-10-23)18-7-3-2-6-17(18)20/h2-8,13,15H,9-12,14H2,1H3,(H,22,25). The van der Waals surface area contributed by atoms with Crippen molar-refractivity contribution in [3.8, 4) is 0 Å². The van der Waals surface area contributed by atoms with E-state index in [1.807, 2.05) is 30.0 Å². The van der Waals surface area contributed by atoms with Crippen LogP contribution in [0.4, 0.5) is 10.1 Å². The molecule has 0 spiro atoms. The van der Waals surface area contributed by atoms with Gasteiger partial charge in [-0.05, 0) is 30.7 Å². The van der Waals surface area contributed by atoms with Crippen LogP contribution in [0.25, 0.3) is 0 Å². The summed E-state index contributed by atoms with van der Waals surface area (Å²) in [4.78, 5) is 20.6. The summed E-state index contributed by atoms with van der Waals surface area (Å²) >= 11 is 0. The number of pyridine rings is 1. The van der Waals surface area contributed by atoms with E-state index >= 15 is 0 Å². The second-order valence-corrected chi connectivity index (χ2v) is 6.23. The summed E-state index contributed by atoms with van der Waals surface area (Å²) < 4.78 is 13.9. The van der Waals surface area contributed by atoms with Crippen LogP contribution in [0.3, 0.4) is 0 Å². The second kappa shape index (κ2) is 8.07. The van der Waals surface area contributed by atoms with E-state index < -0.39 is 0 Å². The molecule has 3 rings (SSSR count). The zero-order valence-electron chi connectivity index (χ0n) is 14.4. The summed E-state index contributed by atoms with van der Waals surface area (Å²) in [5, 5.41) is 2.95. The number of hydrogen-bond donors (Lipinski definition) is 1. The largest absolute Gasteiger partial charge is 0.367 e. The van der Waals surface area contributed by atoms with Gasteiger partial charge in [-0.2, -0.15) is 0 Å². The molecule has 0 aliphatic carbocycles. The van der Waals surface area contributed by atoms with Crippen LogP contribution in [-0.4, -0.2) is 48.0 Å². The maximum atomic E-state index is 13.9. The third kappa shape index (κ3) is 4.33. The first-order valence-electron chi connectivity index (χ1n) is 8.55. The Morgan fingerprint density at radius 2 is 1.96 bits per heavy atom. The zero-order chi connectivity index (χ0) is 17.6. The average Bonchev–Trinajstić information content (AvgIpc) is 2.67. The summed E-state index contributed by atoms with van der Waals surface area (Å²) in [5.74, 6) is -0.193. The first kappa shape index (κ1) is 17.4. The van der Waals surface area contributed by atoms with Crippen molar-refractivity contribution < 1.29 is 9.18 Å². The number of halogens is 1. The number of carbonyl (C=O) groups is 1. The molecule has 1 aliphatic rings. The predicted octanol–water partition coefficient (Wildman–Crippen LogP) is 2.05. The molecular weight excluding hydrogens is 319 g/mol. The van der Waals surface area contributed by atoms with Gasteiger partial charge in [0.2, 0.25) is 5.91 Å². The average molecular weight is 342 g/mol. The van der Waals surface area contributed by atoms with Crippen molar-refractivity contribution >= 4 is 11.6 Å². The highest BCUT2D eigenvalue weighted by molar-refractivity contribution is 5.81. The Labute approximate surface area is 147 Å². The molecule has 0 radical (unpaired) electrons. The van der Waals surface area contributed by atoms with Crippen molar-refractivity contribution in [2.45, 2.75) is 19.5 Å². The van der Waals surface area contributed by atoms with Crippen LogP contribution < -0.4 is 10.2 Å². The number of carbonyl (C=O) groups excluding carboxylic acids is 1. The molecule has 1 aliphatic heterocycles. The molecule has 1 fully saturated rings. The Morgan fingerprint density at radius 3 is 2.64 bits per heavy atom. The highest BCUT2D eigenvalue weighted by atomic mass is 19.1. The smallest absolute Gasteiger partial charge is 0.237 e. The molecule has 132 valence electrons. The summed E-state index contributed by atoms with van der Waals surface area (Å²) in [7, 11) is 0.